The van der Waals surface area contributed by atoms with Crippen molar-refractivity contribution in [1.29, 1.82) is 0 Å². The zero-order valence-corrected chi connectivity index (χ0v) is 18.5. The molecule has 2 aromatic heterocycles. The molecule has 1 aliphatic carbocycles. The third kappa shape index (κ3) is 4.54. The van der Waals surface area contributed by atoms with Crippen molar-refractivity contribution in [2.45, 2.75) is 56.9 Å². The van der Waals surface area contributed by atoms with Crippen LogP contribution in [0.1, 0.15) is 48.6 Å². The molecule has 8 heteroatoms. The Hall–Kier alpha value is -1.54. The van der Waals surface area contributed by atoms with Crippen LogP contribution in [0.2, 0.25) is 0 Å². The topological polar surface area (TPSA) is 58.3 Å². The lowest BCUT2D eigenvalue weighted by Gasteiger charge is -2.45. The van der Waals surface area contributed by atoms with Crippen LogP contribution in [0.15, 0.2) is 22.5 Å². The largest absolute Gasteiger partial charge is 0.351 e. The van der Waals surface area contributed by atoms with Crippen LogP contribution in [-0.2, 0) is 20.1 Å². The van der Waals surface area contributed by atoms with Gasteiger partial charge in [0.25, 0.3) is 0 Å². The van der Waals surface area contributed by atoms with E-state index in [1.54, 1.807) is 11.3 Å². The minimum Gasteiger partial charge on any atom is -0.351 e. The molecule has 0 amide bonds. The van der Waals surface area contributed by atoms with Crippen LogP contribution in [0.25, 0.3) is 0 Å². The average molecular weight is 419 g/mol. The first-order valence-electron chi connectivity index (χ1n) is 10.2. The number of hydrogen-bond donors (Lipinski definition) is 1. The fourth-order valence-electron chi connectivity index (χ4n) is 4.11. The van der Waals surface area contributed by atoms with Crippen LogP contribution in [0, 0.1) is 6.92 Å². The Morgan fingerprint density at radius 1 is 1.29 bits per heavy atom. The Bertz CT molecular complexity index is 786. The van der Waals surface area contributed by atoms with E-state index in [1.165, 1.54) is 42.7 Å². The molecule has 28 heavy (non-hydrogen) atoms. The first-order valence-corrected chi connectivity index (χ1v) is 12.1. The molecular formula is C20H30N6S2. The van der Waals surface area contributed by atoms with E-state index in [-0.39, 0.29) is 0 Å². The van der Waals surface area contributed by atoms with Gasteiger partial charge in [0, 0.05) is 35.5 Å². The molecule has 3 heterocycles. The van der Waals surface area contributed by atoms with Crippen LogP contribution in [0.4, 0.5) is 0 Å². The van der Waals surface area contributed by atoms with Gasteiger partial charge >= 0.3 is 0 Å². The number of aromatic nitrogens is 3. The van der Waals surface area contributed by atoms with Crippen molar-refractivity contribution in [3.05, 3.63) is 34.0 Å². The molecule has 1 saturated carbocycles. The molecule has 6 nitrogen and oxygen atoms in total. The second-order valence-corrected chi connectivity index (χ2v) is 10.4. The van der Waals surface area contributed by atoms with Gasteiger partial charge in [-0.1, -0.05) is 25.3 Å². The van der Waals surface area contributed by atoms with Gasteiger partial charge in [-0.05, 0) is 31.2 Å². The van der Waals surface area contributed by atoms with Crippen LogP contribution >= 0.6 is 23.1 Å². The highest BCUT2D eigenvalue weighted by Crippen LogP contribution is 2.42. The summed E-state index contributed by atoms with van der Waals surface area (Å²) in [6, 6.07) is 4.28. The summed E-state index contributed by atoms with van der Waals surface area (Å²) in [6.07, 6.45) is 6.82. The van der Waals surface area contributed by atoms with Crippen LogP contribution in [0.5, 0.6) is 0 Å². The van der Waals surface area contributed by atoms with Gasteiger partial charge in [0.15, 0.2) is 11.8 Å². The number of thioether (sulfide) groups is 1. The molecule has 4 rings (SSSR count). The lowest BCUT2D eigenvalue weighted by Crippen LogP contribution is -2.53. The third-order valence-electron chi connectivity index (χ3n) is 5.87. The number of thiophene rings is 1. The number of aliphatic imine (C=N–C) groups is 1. The van der Waals surface area contributed by atoms with Crippen molar-refractivity contribution in [3.63, 3.8) is 0 Å². The molecular weight excluding hydrogens is 388 g/mol. The predicted octanol–water partition coefficient (Wildman–Crippen LogP) is 3.58. The van der Waals surface area contributed by atoms with E-state index < -0.39 is 0 Å². The van der Waals surface area contributed by atoms with Crippen molar-refractivity contribution in [3.8, 4) is 0 Å². The minimum atomic E-state index is 0.420. The van der Waals surface area contributed by atoms with Crippen molar-refractivity contribution >= 4 is 29.1 Å². The van der Waals surface area contributed by atoms with Crippen molar-refractivity contribution < 1.29 is 0 Å². The maximum absolute atomic E-state index is 4.97. The lowest BCUT2D eigenvalue weighted by atomic mass is 9.87. The molecule has 1 saturated heterocycles. The first-order chi connectivity index (χ1) is 13.7. The second-order valence-electron chi connectivity index (χ2n) is 7.81. The minimum absolute atomic E-state index is 0.420. The smallest absolute Gasteiger partial charge is 0.194 e. The zero-order valence-electron chi connectivity index (χ0n) is 16.9. The maximum atomic E-state index is 4.97. The van der Waals surface area contributed by atoms with Gasteiger partial charge in [-0.15, -0.1) is 21.5 Å². The Balaban J connectivity index is 1.51. The van der Waals surface area contributed by atoms with Crippen molar-refractivity contribution in [1.82, 2.24) is 25.0 Å². The number of rotatable bonds is 4. The summed E-state index contributed by atoms with van der Waals surface area (Å²) >= 11 is 3.98. The molecule has 1 N–H and O–H groups in total. The SMILES string of the molecule is Cc1nnc(CN=C(NCc2cccs2)N2CCSC3(CCCCC3)C2)n1C. The summed E-state index contributed by atoms with van der Waals surface area (Å²) in [7, 11) is 2.01. The van der Waals surface area contributed by atoms with Gasteiger partial charge < -0.3 is 14.8 Å². The fourth-order valence-corrected chi connectivity index (χ4v) is 6.32. The standard InChI is InChI=1S/C20H30N6S2/c1-16-23-24-18(25(16)2)14-22-19(21-13-17-7-6-11-27-17)26-10-12-28-20(15-26)8-4-3-5-9-20/h6-7,11H,3-5,8-10,12-15H2,1-2H3,(H,21,22). The molecule has 1 spiro atoms. The summed E-state index contributed by atoms with van der Waals surface area (Å²) < 4.78 is 2.44. The molecule has 2 fully saturated rings. The molecule has 2 aliphatic rings. The molecule has 152 valence electrons. The Labute approximate surface area is 175 Å². The van der Waals surface area contributed by atoms with Crippen LogP contribution < -0.4 is 5.32 Å². The number of aryl methyl sites for hydroxylation is 1. The van der Waals surface area contributed by atoms with E-state index >= 15 is 0 Å². The van der Waals surface area contributed by atoms with Gasteiger partial charge in [0.1, 0.15) is 12.4 Å². The van der Waals surface area contributed by atoms with Crippen molar-refractivity contribution in [2.75, 3.05) is 18.8 Å². The Kier molecular flexibility index (Phi) is 6.25. The van der Waals surface area contributed by atoms with Gasteiger partial charge in [-0.25, -0.2) is 4.99 Å². The highest BCUT2D eigenvalue weighted by atomic mass is 32.2. The molecule has 2 aromatic rings. The zero-order chi connectivity index (χ0) is 19.4. The number of hydrogen-bond acceptors (Lipinski definition) is 5. The van der Waals surface area contributed by atoms with Crippen molar-refractivity contribution in [2.24, 2.45) is 12.0 Å². The summed E-state index contributed by atoms with van der Waals surface area (Å²) in [5, 5.41) is 14.2. The lowest BCUT2D eigenvalue weighted by molar-refractivity contribution is 0.292. The molecule has 0 bridgehead atoms. The van der Waals surface area contributed by atoms with Gasteiger partial charge in [-0.2, -0.15) is 11.8 Å². The molecule has 0 atom stereocenters. The van der Waals surface area contributed by atoms with E-state index in [2.05, 4.69) is 49.7 Å². The number of nitrogens with zero attached hydrogens (tertiary/aromatic N) is 5. The molecule has 0 unspecified atom stereocenters. The first kappa shape index (κ1) is 19.8. The fraction of sp³-hybridized carbons (Fsp3) is 0.650. The van der Waals surface area contributed by atoms with Gasteiger partial charge in [0.2, 0.25) is 0 Å². The molecule has 0 aromatic carbocycles. The predicted molar refractivity (Wildman–Crippen MR) is 118 cm³/mol. The third-order valence-corrected chi connectivity index (χ3v) is 8.28. The van der Waals surface area contributed by atoms with E-state index in [0.717, 1.165) is 37.2 Å². The second kappa shape index (κ2) is 8.86. The molecule has 1 aliphatic heterocycles. The highest BCUT2D eigenvalue weighted by Gasteiger charge is 2.38. The van der Waals surface area contributed by atoms with Gasteiger partial charge in [0.05, 0.1) is 6.54 Å². The maximum Gasteiger partial charge on any atom is 0.194 e. The quantitative estimate of drug-likeness (QED) is 0.607. The highest BCUT2D eigenvalue weighted by molar-refractivity contribution is 8.00. The van der Waals surface area contributed by atoms with Gasteiger partial charge in [-0.3, -0.25) is 0 Å². The normalized spacial score (nSPS) is 19.9. The molecule has 0 radical (unpaired) electrons. The number of guanidine groups is 1. The summed E-state index contributed by atoms with van der Waals surface area (Å²) in [5.41, 5.74) is 0. The van der Waals surface area contributed by atoms with E-state index in [9.17, 15) is 0 Å². The van der Waals surface area contributed by atoms with Crippen LogP contribution in [0.3, 0.4) is 0 Å². The summed E-state index contributed by atoms with van der Waals surface area (Å²) in [6.45, 7) is 5.52. The number of nitrogens with one attached hydrogen (secondary N) is 1. The summed E-state index contributed by atoms with van der Waals surface area (Å²) in [5.74, 6) is 4.03. The van der Waals surface area contributed by atoms with E-state index in [1.807, 2.05) is 18.5 Å². The van der Waals surface area contributed by atoms with E-state index in [4.69, 9.17) is 4.99 Å². The van der Waals surface area contributed by atoms with E-state index in [0.29, 0.717) is 11.3 Å². The Morgan fingerprint density at radius 2 is 2.14 bits per heavy atom. The average Bonchev–Trinajstić information content (AvgIpc) is 3.34. The Morgan fingerprint density at radius 3 is 2.86 bits per heavy atom. The van der Waals surface area contributed by atoms with Crippen LogP contribution in [-0.4, -0.2) is 49.2 Å². The summed E-state index contributed by atoms with van der Waals surface area (Å²) in [4.78, 5) is 8.79. The monoisotopic (exact) mass is 418 g/mol.